The molecule has 0 amide bonds. The van der Waals surface area contributed by atoms with Crippen LogP contribution in [0.4, 0.5) is 0 Å². The van der Waals surface area contributed by atoms with E-state index in [1.54, 1.807) is 12.1 Å². The van der Waals surface area contributed by atoms with Gasteiger partial charge in [0, 0.05) is 17.7 Å². The van der Waals surface area contributed by atoms with E-state index in [1.807, 2.05) is 0 Å². The van der Waals surface area contributed by atoms with E-state index in [-0.39, 0.29) is 28.0 Å². The van der Waals surface area contributed by atoms with Crippen LogP contribution in [0.5, 0.6) is 40.2 Å². The number of esters is 1. The number of aromatic hydroxyl groups is 5. The second-order valence-corrected chi connectivity index (χ2v) is 9.70. The van der Waals surface area contributed by atoms with Crippen LogP contribution in [0.25, 0.3) is 22.3 Å². The predicted molar refractivity (Wildman–Crippen MR) is 145 cm³/mol. The first-order valence-corrected chi connectivity index (χ1v) is 12.7. The molecule has 1 aliphatic rings. The summed E-state index contributed by atoms with van der Waals surface area (Å²) < 4.78 is 28.0. The lowest BCUT2D eigenvalue weighted by Gasteiger charge is -2.40. The molecule has 1 fully saturated rings. The summed E-state index contributed by atoms with van der Waals surface area (Å²) in [6, 6.07) is 9.80. The Morgan fingerprint density at radius 2 is 1.53 bits per heavy atom. The third-order valence-corrected chi connectivity index (χ3v) is 6.84. The number of phenolic OH excluding ortho intramolecular Hbond substituents is 5. The maximum absolute atomic E-state index is 13.7. The van der Waals surface area contributed by atoms with Gasteiger partial charge >= 0.3 is 5.97 Å². The number of rotatable bonds is 6. The fourth-order valence-corrected chi connectivity index (χ4v) is 4.56. The van der Waals surface area contributed by atoms with E-state index in [1.165, 1.54) is 26.2 Å². The topological polar surface area (TPSA) is 226 Å². The van der Waals surface area contributed by atoms with Gasteiger partial charge in [-0.2, -0.15) is 0 Å². The second-order valence-electron chi connectivity index (χ2n) is 9.70. The molecule has 14 nitrogen and oxygen atoms in total. The summed E-state index contributed by atoms with van der Waals surface area (Å²) in [5.74, 6) is -5.06. The Hall–Kier alpha value is -5.18. The highest BCUT2D eigenvalue weighted by atomic mass is 16.7. The lowest BCUT2D eigenvalue weighted by molar-refractivity contribution is -0.267. The number of carbonyl (C=O) groups excluding carboxylic acids is 1. The largest absolute Gasteiger partial charge is 0.508 e. The van der Waals surface area contributed by atoms with Gasteiger partial charge in [-0.3, -0.25) is 4.79 Å². The van der Waals surface area contributed by atoms with Crippen molar-refractivity contribution in [2.45, 2.75) is 37.6 Å². The minimum atomic E-state index is -1.82. The van der Waals surface area contributed by atoms with Crippen molar-refractivity contribution in [3.63, 3.8) is 0 Å². The van der Waals surface area contributed by atoms with Crippen molar-refractivity contribution >= 4 is 16.9 Å². The van der Waals surface area contributed by atoms with E-state index in [2.05, 4.69) is 0 Å². The molecule has 226 valence electrons. The number of phenols is 5. The Balaban J connectivity index is 1.60. The van der Waals surface area contributed by atoms with E-state index in [9.17, 15) is 45.3 Å². The van der Waals surface area contributed by atoms with Crippen molar-refractivity contribution < 1.29 is 63.9 Å². The maximum atomic E-state index is 13.7. The Morgan fingerprint density at radius 3 is 2.16 bits per heavy atom. The smallest absolute Gasteiger partial charge is 0.339 e. The van der Waals surface area contributed by atoms with Gasteiger partial charge in [0.2, 0.25) is 17.5 Å². The molecule has 0 saturated carbocycles. The summed E-state index contributed by atoms with van der Waals surface area (Å²) in [4.78, 5) is 26.7. The van der Waals surface area contributed by atoms with Gasteiger partial charge < -0.3 is 59.1 Å². The van der Waals surface area contributed by atoms with Gasteiger partial charge in [-0.1, -0.05) is 0 Å². The zero-order valence-corrected chi connectivity index (χ0v) is 22.5. The normalized spacial score (nSPS) is 21.8. The molecular weight excluding hydrogens is 572 g/mol. The first-order chi connectivity index (χ1) is 20.4. The fraction of sp³-hybridized carbons (Fsp3) is 0.241. The number of ether oxygens (including phenoxy) is 4. The molecular formula is C29H26O14. The molecule has 0 aliphatic carbocycles. The van der Waals surface area contributed by atoms with Crippen LogP contribution in [0, 0.1) is 0 Å². The SMILES string of the molecule is COc1ccc(-c2oc3cc(O)cc(O)c3c(=O)c2OC2OC(C)C(O)C(O)C2OC(=O)c2cc(O)c(O)c(O)c2)cc1. The quantitative estimate of drug-likeness (QED) is 0.125. The summed E-state index contributed by atoms with van der Waals surface area (Å²) >= 11 is 0. The molecule has 1 aromatic heterocycles. The summed E-state index contributed by atoms with van der Waals surface area (Å²) in [6.07, 6.45) is -8.06. The van der Waals surface area contributed by atoms with Crippen LogP contribution in [-0.2, 0) is 9.47 Å². The van der Waals surface area contributed by atoms with Crippen molar-refractivity contribution in [2.24, 2.45) is 0 Å². The predicted octanol–water partition coefficient (Wildman–Crippen LogP) is 2.07. The number of benzene rings is 3. The molecule has 5 atom stereocenters. The van der Waals surface area contributed by atoms with E-state index >= 15 is 0 Å². The standard InChI is InChI=1S/C29H26O14/c1-11-21(34)24(37)27(42-28(38)13-7-17(32)22(35)18(33)8-13)29(40-11)43-26-23(36)20-16(31)9-14(30)10-19(20)41-25(26)12-3-5-15(39-2)6-4-12/h3-11,21,24,27,29-35,37H,1-2H3. The van der Waals surface area contributed by atoms with E-state index in [0.717, 1.165) is 24.3 Å². The molecule has 7 N–H and O–H groups in total. The number of aliphatic hydroxyl groups excluding tert-OH is 2. The molecule has 14 heteroatoms. The summed E-state index contributed by atoms with van der Waals surface area (Å²) in [5, 5.41) is 70.6. The highest BCUT2D eigenvalue weighted by Gasteiger charge is 2.47. The van der Waals surface area contributed by atoms with Gasteiger partial charge in [0.05, 0.1) is 18.8 Å². The summed E-state index contributed by atoms with van der Waals surface area (Å²) in [7, 11) is 1.45. The van der Waals surface area contributed by atoms with Gasteiger partial charge in [0.1, 0.15) is 40.4 Å². The minimum Gasteiger partial charge on any atom is -0.508 e. The molecule has 1 saturated heterocycles. The second kappa shape index (κ2) is 11.2. The third kappa shape index (κ3) is 5.41. The lowest BCUT2D eigenvalue weighted by Crippen LogP contribution is -2.60. The Morgan fingerprint density at radius 1 is 0.884 bits per heavy atom. The average Bonchev–Trinajstić information content (AvgIpc) is 2.97. The zero-order valence-electron chi connectivity index (χ0n) is 22.5. The van der Waals surface area contributed by atoms with Crippen LogP contribution in [0.1, 0.15) is 17.3 Å². The first-order valence-electron chi connectivity index (χ1n) is 12.7. The molecule has 3 aromatic carbocycles. The molecule has 0 spiro atoms. The third-order valence-electron chi connectivity index (χ3n) is 6.84. The van der Waals surface area contributed by atoms with Crippen molar-refractivity contribution in [1.29, 1.82) is 0 Å². The average molecular weight is 599 g/mol. The molecule has 2 heterocycles. The first kappa shape index (κ1) is 29.3. The van der Waals surface area contributed by atoms with Gasteiger partial charge in [-0.15, -0.1) is 0 Å². The monoisotopic (exact) mass is 598 g/mol. The van der Waals surface area contributed by atoms with Gasteiger partial charge in [0.15, 0.2) is 29.1 Å². The van der Waals surface area contributed by atoms with E-state index < -0.39 is 76.4 Å². The minimum absolute atomic E-state index is 0.191. The molecule has 0 bridgehead atoms. The van der Waals surface area contributed by atoms with E-state index in [0.29, 0.717) is 5.75 Å². The van der Waals surface area contributed by atoms with E-state index in [4.69, 9.17) is 23.4 Å². The molecule has 43 heavy (non-hydrogen) atoms. The molecule has 1 aliphatic heterocycles. The van der Waals surface area contributed by atoms with Crippen LogP contribution in [-0.4, -0.2) is 79.5 Å². The van der Waals surface area contributed by atoms with Crippen LogP contribution in [0.15, 0.2) is 57.7 Å². The summed E-state index contributed by atoms with van der Waals surface area (Å²) in [5.41, 5.74) is -1.27. The number of carbonyl (C=O) groups is 1. The highest BCUT2D eigenvalue weighted by molar-refractivity contribution is 5.91. The van der Waals surface area contributed by atoms with Crippen LogP contribution in [0.2, 0.25) is 0 Å². The van der Waals surface area contributed by atoms with Crippen molar-refractivity contribution in [2.75, 3.05) is 7.11 Å². The maximum Gasteiger partial charge on any atom is 0.339 e. The van der Waals surface area contributed by atoms with Crippen molar-refractivity contribution in [3.8, 4) is 51.6 Å². The van der Waals surface area contributed by atoms with Gasteiger partial charge in [-0.05, 0) is 43.3 Å². The Kier molecular flexibility index (Phi) is 7.67. The van der Waals surface area contributed by atoms with Crippen LogP contribution >= 0.6 is 0 Å². The molecule has 5 unspecified atom stereocenters. The van der Waals surface area contributed by atoms with Crippen molar-refractivity contribution in [3.05, 3.63) is 64.3 Å². The van der Waals surface area contributed by atoms with Crippen molar-refractivity contribution in [1.82, 2.24) is 0 Å². The Bertz CT molecular complexity index is 1720. The number of hydrogen-bond acceptors (Lipinski definition) is 14. The molecule has 0 radical (unpaired) electrons. The Labute approximate surface area is 241 Å². The number of hydrogen-bond donors (Lipinski definition) is 7. The molecule has 5 rings (SSSR count). The number of fused-ring (bicyclic) bond motifs is 1. The lowest BCUT2D eigenvalue weighted by atomic mass is 9.99. The zero-order chi connectivity index (χ0) is 31.2. The summed E-state index contributed by atoms with van der Waals surface area (Å²) in [6.45, 7) is 1.39. The number of methoxy groups -OCH3 is 1. The van der Waals surface area contributed by atoms with Gasteiger partial charge in [0.25, 0.3) is 0 Å². The van der Waals surface area contributed by atoms with Crippen LogP contribution < -0.4 is 14.9 Å². The fourth-order valence-electron chi connectivity index (χ4n) is 4.56. The van der Waals surface area contributed by atoms with Gasteiger partial charge in [-0.25, -0.2) is 4.79 Å². The molecule has 4 aromatic rings. The number of aliphatic hydroxyl groups is 2. The van der Waals surface area contributed by atoms with Crippen LogP contribution in [0.3, 0.4) is 0 Å². The highest BCUT2D eigenvalue weighted by Crippen LogP contribution is 2.39.